The number of rotatable bonds is 6. The standard InChI is InChI=1S/C48H69N3O7/c1-43(2,3)30-19-27(20-31(37(30)53)44(4,5)6)24-49-40(56)50(25-28-21-32(45(7,8)9)38(54)33(22-28)46(10,11)12)42(58)51(41(49)57)26-29-23-34(47(13,14)15)39(55)35(36(29)52)48(16,17)18/h19-23,52-55H,24-26H2,1-18H3. The maximum atomic E-state index is 14.7. The molecule has 0 aliphatic heterocycles. The van der Waals surface area contributed by atoms with Crippen molar-refractivity contribution in [2.24, 2.45) is 0 Å². The Bertz CT molecular complexity index is 2230. The first-order valence-corrected chi connectivity index (χ1v) is 20.2. The normalized spacial score (nSPS) is 13.3. The zero-order chi connectivity index (χ0) is 44.6. The van der Waals surface area contributed by atoms with E-state index in [0.717, 1.165) is 13.7 Å². The summed E-state index contributed by atoms with van der Waals surface area (Å²) in [5.41, 5.74) is -0.886. The van der Waals surface area contributed by atoms with E-state index in [0.29, 0.717) is 44.5 Å². The fourth-order valence-corrected chi connectivity index (χ4v) is 7.60. The molecule has 1 aromatic heterocycles. The third-order valence-corrected chi connectivity index (χ3v) is 10.9. The van der Waals surface area contributed by atoms with Crippen molar-refractivity contribution in [1.82, 2.24) is 13.7 Å². The highest BCUT2D eigenvalue weighted by molar-refractivity contribution is 5.58. The summed E-state index contributed by atoms with van der Waals surface area (Å²) in [4.78, 5) is 44.1. The lowest BCUT2D eigenvalue weighted by atomic mass is 9.77. The Hall–Kier alpha value is -4.73. The Morgan fingerprint density at radius 3 is 0.879 bits per heavy atom. The Kier molecular flexibility index (Phi) is 11.7. The second-order valence-corrected chi connectivity index (χ2v) is 22.3. The van der Waals surface area contributed by atoms with Gasteiger partial charge >= 0.3 is 17.1 Å². The molecule has 0 saturated heterocycles. The number of nitrogens with zero attached hydrogens (tertiary/aromatic N) is 3. The highest BCUT2D eigenvalue weighted by atomic mass is 16.3. The largest absolute Gasteiger partial charge is 0.507 e. The van der Waals surface area contributed by atoms with Gasteiger partial charge in [0, 0.05) is 16.7 Å². The Morgan fingerprint density at radius 2 is 0.621 bits per heavy atom. The van der Waals surface area contributed by atoms with Gasteiger partial charge in [0.25, 0.3) is 0 Å². The van der Waals surface area contributed by atoms with E-state index in [1.54, 1.807) is 30.3 Å². The molecule has 4 aromatic rings. The molecule has 10 nitrogen and oxygen atoms in total. The number of phenols is 4. The third kappa shape index (κ3) is 9.11. The van der Waals surface area contributed by atoms with Gasteiger partial charge in [-0.05, 0) is 96.2 Å². The average molecular weight is 800 g/mol. The van der Waals surface area contributed by atoms with Crippen molar-refractivity contribution in [3.8, 4) is 23.0 Å². The molecule has 318 valence electrons. The number of hydrogen-bond donors (Lipinski definition) is 4. The van der Waals surface area contributed by atoms with Crippen LogP contribution in [0.15, 0.2) is 44.7 Å². The number of benzene rings is 3. The summed E-state index contributed by atoms with van der Waals surface area (Å²) in [5.74, 6) is 0.0219. The first-order valence-electron chi connectivity index (χ1n) is 20.2. The molecule has 4 N–H and O–H groups in total. The minimum atomic E-state index is -0.868. The van der Waals surface area contributed by atoms with Gasteiger partial charge < -0.3 is 20.4 Å². The van der Waals surface area contributed by atoms with Crippen LogP contribution in [0.1, 0.15) is 175 Å². The van der Waals surface area contributed by atoms with Gasteiger partial charge in [0.05, 0.1) is 19.6 Å². The van der Waals surface area contributed by atoms with E-state index in [4.69, 9.17) is 0 Å². The molecule has 0 aliphatic carbocycles. The van der Waals surface area contributed by atoms with Crippen molar-refractivity contribution in [2.75, 3.05) is 0 Å². The molecule has 0 aliphatic rings. The van der Waals surface area contributed by atoms with Crippen LogP contribution in [0.25, 0.3) is 0 Å². The van der Waals surface area contributed by atoms with Gasteiger partial charge in [0.15, 0.2) is 0 Å². The zero-order valence-electron chi connectivity index (χ0n) is 38.4. The van der Waals surface area contributed by atoms with Gasteiger partial charge in [0.1, 0.15) is 23.0 Å². The number of aromatic nitrogens is 3. The molecule has 3 aromatic carbocycles. The fraction of sp³-hybridized carbons (Fsp3) is 0.562. The second kappa shape index (κ2) is 14.8. The van der Waals surface area contributed by atoms with Gasteiger partial charge in [-0.2, -0.15) is 0 Å². The smallest absolute Gasteiger partial charge is 0.336 e. The lowest BCUT2D eigenvalue weighted by Crippen LogP contribution is -2.55. The van der Waals surface area contributed by atoms with Crippen molar-refractivity contribution in [3.63, 3.8) is 0 Å². The first-order chi connectivity index (χ1) is 26.0. The van der Waals surface area contributed by atoms with Crippen molar-refractivity contribution in [1.29, 1.82) is 0 Å². The summed E-state index contributed by atoms with van der Waals surface area (Å²) in [6.45, 7) is 34.4. The molecule has 1 heterocycles. The van der Waals surface area contributed by atoms with E-state index in [9.17, 15) is 34.8 Å². The van der Waals surface area contributed by atoms with Crippen LogP contribution in [0, 0.1) is 0 Å². The van der Waals surface area contributed by atoms with Crippen LogP contribution in [0.5, 0.6) is 23.0 Å². The molecule has 4 rings (SSSR count). The third-order valence-electron chi connectivity index (χ3n) is 10.9. The monoisotopic (exact) mass is 800 g/mol. The van der Waals surface area contributed by atoms with Crippen LogP contribution in [-0.2, 0) is 52.1 Å². The van der Waals surface area contributed by atoms with E-state index in [1.165, 1.54) is 0 Å². The summed E-state index contributed by atoms with van der Waals surface area (Å²) in [6.07, 6.45) is 0. The molecule has 0 bridgehead atoms. The Labute approximate surface area is 344 Å². The maximum Gasteiger partial charge on any atom is 0.336 e. The molecular weight excluding hydrogens is 731 g/mol. The quantitative estimate of drug-likeness (QED) is 0.152. The molecular formula is C48H69N3O7. The van der Waals surface area contributed by atoms with E-state index < -0.39 is 49.6 Å². The summed E-state index contributed by atoms with van der Waals surface area (Å²) in [7, 11) is 0. The molecule has 0 saturated carbocycles. The van der Waals surface area contributed by atoms with Crippen LogP contribution in [0.3, 0.4) is 0 Å². The summed E-state index contributed by atoms with van der Waals surface area (Å²) < 4.78 is 3.04. The van der Waals surface area contributed by atoms with Crippen LogP contribution in [0.4, 0.5) is 0 Å². The first kappa shape index (κ1) is 46.0. The van der Waals surface area contributed by atoms with E-state index in [1.807, 2.05) is 125 Å². The fourth-order valence-electron chi connectivity index (χ4n) is 7.60. The molecule has 0 radical (unpaired) electrons. The Balaban J connectivity index is 2.15. The van der Waals surface area contributed by atoms with Gasteiger partial charge in [-0.15, -0.1) is 0 Å². The summed E-state index contributed by atoms with van der Waals surface area (Å²) >= 11 is 0. The van der Waals surface area contributed by atoms with E-state index in [-0.39, 0.29) is 48.2 Å². The second-order valence-electron chi connectivity index (χ2n) is 22.3. The Morgan fingerprint density at radius 1 is 0.362 bits per heavy atom. The van der Waals surface area contributed by atoms with Crippen LogP contribution < -0.4 is 17.1 Å². The topological polar surface area (TPSA) is 147 Å². The van der Waals surface area contributed by atoms with E-state index in [2.05, 4.69) is 0 Å². The van der Waals surface area contributed by atoms with Crippen LogP contribution >= 0.6 is 0 Å². The van der Waals surface area contributed by atoms with Crippen LogP contribution in [-0.4, -0.2) is 34.1 Å². The maximum absolute atomic E-state index is 14.7. The van der Waals surface area contributed by atoms with E-state index >= 15 is 0 Å². The average Bonchev–Trinajstić information content (AvgIpc) is 3.02. The molecule has 0 fully saturated rings. The minimum absolute atomic E-state index is 0.0516. The molecule has 0 amide bonds. The van der Waals surface area contributed by atoms with Crippen molar-refractivity contribution < 1.29 is 20.4 Å². The molecule has 58 heavy (non-hydrogen) atoms. The summed E-state index contributed by atoms with van der Waals surface area (Å²) in [5, 5.41) is 46.2. The van der Waals surface area contributed by atoms with Crippen LogP contribution in [0.2, 0.25) is 0 Å². The van der Waals surface area contributed by atoms with Gasteiger partial charge in [-0.3, -0.25) is 0 Å². The lowest BCUT2D eigenvalue weighted by molar-refractivity contribution is 0.390. The van der Waals surface area contributed by atoms with Gasteiger partial charge in [0.2, 0.25) is 0 Å². The highest BCUT2D eigenvalue weighted by Gasteiger charge is 2.33. The van der Waals surface area contributed by atoms with Gasteiger partial charge in [-0.25, -0.2) is 28.1 Å². The number of hydrogen-bond acceptors (Lipinski definition) is 7. The number of aromatic hydroxyl groups is 4. The molecule has 0 spiro atoms. The summed E-state index contributed by atoms with van der Waals surface area (Å²) in [6, 6.07) is 8.84. The zero-order valence-corrected chi connectivity index (χ0v) is 38.4. The molecule has 0 atom stereocenters. The molecule has 0 unspecified atom stereocenters. The minimum Gasteiger partial charge on any atom is -0.507 e. The predicted molar refractivity (Wildman–Crippen MR) is 235 cm³/mol. The predicted octanol–water partition coefficient (Wildman–Crippen LogP) is 8.92. The SMILES string of the molecule is CC(C)(C)c1cc(Cn2c(=O)n(Cc3cc(C(C)(C)C)c(O)c(C(C)(C)C)c3)c(=O)n(Cc3cc(C(C)(C)C)c(O)c(C(C)(C)C)c3O)c2=O)cc(C(C)(C)C)c1O. The lowest BCUT2D eigenvalue weighted by Gasteiger charge is -2.29. The molecule has 10 heteroatoms. The van der Waals surface area contributed by atoms with Crippen molar-refractivity contribution in [3.05, 3.63) is 112 Å². The highest BCUT2D eigenvalue weighted by Crippen LogP contribution is 2.46. The van der Waals surface area contributed by atoms with Crippen molar-refractivity contribution >= 4 is 0 Å². The van der Waals surface area contributed by atoms with Gasteiger partial charge in [-0.1, -0.05) is 125 Å². The number of phenolic OH excluding ortho intramolecular Hbond substituents is 4. The van der Waals surface area contributed by atoms with Crippen molar-refractivity contribution in [2.45, 2.75) is 177 Å².